The molecule has 2 saturated heterocycles. The second kappa shape index (κ2) is 10.5. The minimum Gasteiger partial charge on any atom is -0.464 e. The summed E-state index contributed by atoms with van der Waals surface area (Å²) in [5.41, 5.74) is 1.95. The van der Waals surface area contributed by atoms with Gasteiger partial charge in [0.2, 0.25) is 11.7 Å². The molecule has 1 spiro atoms. The zero-order valence-electron chi connectivity index (χ0n) is 21.0. The average molecular weight is 523 g/mol. The lowest BCUT2D eigenvalue weighted by atomic mass is 9.76. The van der Waals surface area contributed by atoms with Gasteiger partial charge in [-0.25, -0.2) is 9.78 Å². The molecule has 194 valence electrons. The third kappa shape index (κ3) is 5.29. The number of thiazole rings is 1. The molecule has 3 aromatic rings. The zero-order valence-corrected chi connectivity index (χ0v) is 21.8. The van der Waals surface area contributed by atoms with Gasteiger partial charge in [0.15, 0.2) is 0 Å². The highest BCUT2D eigenvalue weighted by atomic mass is 32.1. The van der Waals surface area contributed by atoms with Gasteiger partial charge in [0.05, 0.1) is 23.7 Å². The van der Waals surface area contributed by atoms with Gasteiger partial charge in [0.25, 0.3) is 5.91 Å². The molecule has 37 heavy (non-hydrogen) atoms. The van der Waals surface area contributed by atoms with Crippen molar-refractivity contribution in [2.24, 2.45) is 5.41 Å². The number of aryl methyl sites for hydroxylation is 1. The van der Waals surface area contributed by atoms with Crippen molar-refractivity contribution in [1.29, 1.82) is 0 Å². The largest absolute Gasteiger partial charge is 0.464 e. The highest BCUT2D eigenvalue weighted by Crippen LogP contribution is 2.44. The fraction of sp³-hybridized carbons (Fsp3) is 0.444. The molecule has 0 bridgehead atoms. The highest BCUT2D eigenvalue weighted by molar-refractivity contribution is 7.09. The van der Waals surface area contributed by atoms with E-state index in [1.54, 1.807) is 29.2 Å². The predicted molar refractivity (Wildman–Crippen MR) is 137 cm³/mol. The normalized spacial score (nSPS) is 18.8. The number of nitrogens with zero attached hydrogens (tertiary/aromatic N) is 4. The summed E-state index contributed by atoms with van der Waals surface area (Å²) in [6, 6.07) is 10.4. The summed E-state index contributed by atoms with van der Waals surface area (Å²) < 4.78 is 10.7. The predicted octanol–water partition coefficient (Wildman–Crippen LogP) is 3.74. The van der Waals surface area contributed by atoms with Crippen LogP contribution in [0.25, 0.3) is 11.3 Å². The van der Waals surface area contributed by atoms with Crippen LogP contribution in [0.1, 0.15) is 47.4 Å². The van der Waals surface area contributed by atoms with E-state index >= 15 is 0 Å². The van der Waals surface area contributed by atoms with Crippen molar-refractivity contribution in [3.05, 3.63) is 58.2 Å². The molecule has 10 heteroatoms. The minimum absolute atomic E-state index is 0.0584. The van der Waals surface area contributed by atoms with Gasteiger partial charge in [-0.2, -0.15) is 0 Å². The van der Waals surface area contributed by atoms with E-state index in [9.17, 15) is 14.4 Å². The Morgan fingerprint density at radius 1 is 1.19 bits per heavy atom. The summed E-state index contributed by atoms with van der Waals surface area (Å²) in [7, 11) is 0. The Labute approximate surface area is 219 Å². The number of hydrogen-bond donors (Lipinski definition) is 0. The molecule has 1 atom stereocenters. The first-order valence-electron chi connectivity index (χ1n) is 12.6. The number of carbonyl (C=O) groups is 3. The van der Waals surface area contributed by atoms with Gasteiger partial charge < -0.3 is 19.1 Å². The summed E-state index contributed by atoms with van der Waals surface area (Å²) >= 11 is 1.54. The second-order valence-corrected chi connectivity index (χ2v) is 10.8. The van der Waals surface area contributed by atoms with Crippen LogP contribution >= 0.6 is 11.3 Å². The van der Waals surface area contributed by atoms with Gasteiger partial charge in [0.1, 0.15) is 11.7 Å². The molecule has 9 nitrogen and oxygen atoms in total. The molecular weight excluding hydrogens is 492 g/mol. The minimum atomic E-state index is -0.696. The van der Waals surface area contributed by atoms with Crippen molar-refractivity contribution in [3.8, 4) is 11.3 Å². The molecule has 0 N–H and O–H groups in total. The van der Waals surface area contributed by atoms with E-state index in [-0.39, 0.29) is 29.6 Å². The Morgan fingerprint density at radius 3 is 2.62 bits per heavy atom. The SMILES string of the molecule is CCOC(=O)C1CC2(CCN(C(=O)Cc3csc(C)n3)CC2)CN1C(=O)c1cc(-c2ccccc2)no1. The number of benzene rings is 1. The maximum atomic E-state index is 13.5. The van der Waals surface area contributed by atoms with Gasteiger partial charge in [-0.3, -0.25) is 9.59 Å². The molecule has 4 heterocycles. The van der Waals surface area contributed by atoms with Crippen LogP contribution in [0.15, 0.2) is 46.3 Å². The van der Waals surface area contributed by atoms with Gasteiger partial charge in [-0.15, -0.1) is 11.3 Å². The number of piperidine rings is 1. The summed E-state index contributed by atoms with van der Waals surface area (Å²) in [6.45, 7) is 5.50. The lowest BCUT2D eigenvalue weighted by molar-refractivity contribution is -0.147. The average Bonchev–Trinajstić information content (AvgIpc) is 3.64. The monoisotopic (exact) mass is 522 g/mol. The van der Waals surface area contributed by atoms with Gasteiger partial charge >= 0.3 is 5.97 Å². The zero-order chi connectivity index (χ0) is 26.0. The van der Waals surface area contributed by atoms with Crippen LogP contribution in [0.2, 0.25) is 0 Å². The number of aromatic nitrogens is 2. The van der Waals surface area contributed by atoms with Crippen LogP contribution < -0.4 is 0 Å². The van der Waals surface area contributed by atoms with Crippen molar-refractivity contribution in [3.63, 3.8) is 0 Å². The molecule has 5 rings (SSSR count). The van der Waals surface area contributed by atoms with E-state index in [2.05, 4.69) is 10.1 Å². The van der Waals surface area contributed by atoms with Gasteiger partial charge in [0, 0.05) is 36.6 Å². The van der Waals surface area contributed by atoms with E-state index < -0.39 is 12.0 Å². The quantitative estimate of drug-likeness (QED) is 0.454. The molecule has 2 amide bonds. The van der Waals surface area contributed by atoms with Crippen LogP contribution in [0.4, 0.5) is 0 Å². The summed E-state index contributed by atoms with van der Waals surface area (Å²) in [6.07, 6.45) is 2.22. The van der Waals surface area contributed by atoms with E-state index in [1.807, 2.05) is 47.5 Å². The van der Waals surface area contributed by atoms with Crippen molar-refractivity contribution in [1.82, 2.24) is 19.9 Å². The van der Waals surface area contributed by atoms with Crippen LogP contribution in [-0.4, -0.2) is 70.0 Å². The third-order valence-corrected chi connectivity index (χ3v) is 8.12. The number of ether oxygens (including phenoxy) is 1. The standard InChI is InChI=1S/C27H30N4O5S/c1-3-35-26(34)22-15-27(9-11-30(12-10-27)24(32)13-20-16-37-18(2)28-20)17-31(22)25(33)23-14-21(29-36-23)19-7-5-4-6-8-19/h4-8,14,16,22H,3,9-13,15,17H2,1-2H3. The van der Waals surface area contributed by atoms with Crippen molar-refractivity contribution >= 4 is 29.1 Å². The smallest absolute Gasteiger partial charge is 0.328 e. The number of likely N-dealkylation sites (tertiary alicyclic amines) is 2. The summed E-state index contributed by atoms with van der Waals surface area (Å²) in [5, 5.41) is 6.94. The van der Waals surface area contributed by atoms with Crippen LogP contribution in [0.3, 0.4) is 0 Å². The maximum Gasteiger partial charge on any atom is 0.328 e. The second-order valence-electron chi connectivity index (χ2n) is 9.76. The topological polar surface area (TPSA) is 106 Å². The molecule has 0 saturated carbocycles. The lowest BCUT2D eigenvalue weighted by Gasteiger charge is -2.39. The number of esters is 1. The molecule has 2 fully saturated rings. The molecule has 2 aliphatic heterocycles. The van der Waals surface area contributed by atoms with Crippen molar-refractivity contribution in [2.45, 2.75) is 45.6 Å². The lowest BCUT2D eigenvalue weighted by Crippen LogP contribution is -2.45. The Bertz CT molecular complexity index is 1280. The van der Waals surface area contributed by atoms with Gasteiger partial charge in [-0.1, -0.05) is 35.5 Å². The Morgan fingerprint density at radius 2 is 1.95 bits per heavy atom. The van der Waals surface area contributed by atoms with Crippen LogP contribution in [-0.2, 0) is 20.7 Å². The van der Waals surface area contributed by atoms with Crippen LogP contribution in [0, 0.1) is 12.3 Å². The first kappa shape index (κ1) is 25.1. The molecule has 2 aliphatic rings. The molecule has 1 aromatic carbocycles. The summed E-state index contributed by atoms with van der Waals surface area (Å²) in [4.78, 5) is 47.1. The first-order valence-corrected chi connectivity index (χ1v) is 13.4. The number of amides is 2. The number of rotatable bonds is 6. The van der Waals surface area contributed by atoms with E-state index in [0.29, 0.717) is 51.0 Å². The van der Waals surface area contributed by atoms with E-state index in [4.69, 9.17) is 9.26 Å². The van der Waals surface area contributed by atoms with E-state index in [1.165, 1.54) is 0 Å². The molecular formula is C27H30N4O5S. The van der Waals surface area contributed by atoms with Crippen molar-refractivity contribution < 1.29 is 23.6 Å². The number of hydrogen-bond acceptors (Lipinski definition) is 8. The summed E-state index contributed by atoms with van der Waals surface area (Å²) in [5.74, 6) is -0.630. The fourth-order valence-corrected chi connectivity index (χ4v) is 5.94. The maximum absolute atomic E-state index is 13.5. The Hall–Kier alpha value is -3.53. The third-order valence-electron chi connectivity index (χ3n) is 7.29. The van der Waals surface area contributed by atoms with Gasteiger partial charge in [-0.05, 0) is 38.5 Å². The molecule has 1 unspecified atom stereocenters. The first-order chi connectivity index (χ1) is 17.9. The molecule has 2 aromatic heterocycles. The Kier molecular flexibility index (Phi) is 7.10. The van der Waals surface area contributed by atoms with Crippen LogP contribution in [0.5, 0.6) is 0 Å². The number of carbonyl (C=O) groups excluding carboxylic acids is 3. The fourth-order valence-electron chi connectivity index (χ4n) is 5.33. The molecule has 0 aliphatic carbocycles. The van der Waals surface area contributed by atoms with Crippen molar-refractivity contribution in [2.75, 3.05) is 26.2 Å². The molecule has 0 radical (unpaired) electrons. The Balaban J connectivity index is 1.29. The van der Waals surface area contributed by atoms with E-state index in [0.717, 1.165) is 16.3 Å². The highest BCUT2D eigenvalue weighted by Gasteiger charge is 2.51.